The largest absolute Gasteiger partial charge is 0.393 e. The molecule has 0 aromatic heterocycles. The minimum atomic E-state index is -3.40. The molecule has 124 valence electrons. The van der Waals surface area contributed by atoms with Gasteiger partial charge in [-0.1, -0.05) is 26.0 Å². The third-order valence-electron chi connectivity index (χ3n) is 4.39. The van der Waals surface area contributed by atoms with Gasteiger partial charge in [0.2, 0.25) is 10.0 Å². The van der Waals surface area contributed by atoms with Gasteiger partial charge in [0.1, 0.15) is 0 Å². The molecule has 1 fully saturated rings. The number of aliphatic hydroxyl groups excluding tert-OH is 1. The predicted octanol–water partition coefficient (Wildman–Crippen LogP) is 2.67. The molecule has 0 saturated carbocycles. The molecule has 0 aliphatic carbocycles. The van der Waals surface area contributed by atoms with Crippen LogP contribution in [0.4, 0.5) is 0 Å². The summed E-state index contributed by atoms with van der Waals surface area (Å²) in [6.07, 6.45) is 2.05. The molecule has 4 nitrogen and oxygen atoms in total. The highest BCUT2D eigenvalue weighted by Gasteiger charge is 2.30. The van der Waals surface area contributed by atoms with Crippen LogP contribution in [0.2, 0.25) is 0 Å². The van der Waals surface area contributed by atoms with E-state index >= 15 is 0 Å². The average Bonchev–Trinajstić information content (AvgIpc) is 2.47. The Kier molecular flexibility index (Phi) is 5.64. The van der Waals surface area contributed by atoms with Crippen LogP contribution in [0.15, 0.2) is 29.2 Å². The zero-order chi connectivity index (χ0) is 16.3. The second-order valence-corrected chi connectivity index (χ2v) is 8.66. The third kappa shape index (κ3) is 4.09. The summed E-state index contributed by atoms with van der Waals surface area (Å²) in [5.41, 5.74) is 1.17. The van der Waals surface area contributed by atoms with Crippen LogP contribution in [0.3, 0.4) is 0 Å². The second-order valence-electron chi connectivity index (χ2n) is 6.72. The van der Waals surface area contributed by atoms with Crippen LogP contribution in [0.25, 0.3) is 0 Å². The van der Waals surface area contributed by atoms with Gasteiger partial charge in [0.15, 0.2) is 0 Å². The van der Waals surface area contributed by atoms with E-state index in [1.54, 1.807) is 23.4 Å². The molecule has 1 aliphatic heterocycles. The summed E-state index contributed by atoms with van der Waals surface area (Å²) >= 11 is 0. The first-order valence-electron chi connectivity index (χ1n) is 8.08. The first-order valence-corrected chi connectivity index (χ1v) is 9.52. The van der Waals surface area contributed by atoms with Crippen molar-refractivity contribution in [2.45, 2.75) is 51.0 Å². The van der Waals surface area contributed by atoms with E-state index in [1.165, 1.54) is 5.56 Å². The smallest absolute Gasteiger partial charge is 0.243 e. The van der Waals surface area contributed by atoms with E-state index < -0.39 is 10.0 Å². The van der Waals surface area contributed by atoms with E-state index in [0.717, 1.165) is 19.3 Å². The first-order chi connectivity index (χ1) is 10.3. The van der Waals surface area contributed by atoms with Crippen LogP contribution in [0.5, 0.6) is 0 Å². The molecule has 0 radical (unpaired) electrons. The van der Waals surface area contributed by atoms with E-state index in [1.807, 2.05) is 12.1 Å². The lowest BCUT2D eigenvalue weighted by Gasteiger charge is -2.32. The molecule has 0 bridgehead atoms. The Balaban J connectivity index is 2.07. The molecule has 1 saturated heterocycles. The molecule has 1 heterocycles. The van der Waals surface area contributed by atoms with Crippen LogP contribution in [-0.2, 0) is 16.4 Å². The SMILES string of the molecule is CC(C)Cc1ccc(S(=O)(=O)N2CCC(C(C)O)CC2)cc1. The fourth-order valence-electron chi connectivity index (χ4n) is 3.02. The number of hydrogen-bond donors (Lipinski definition) is 1. The maximum absolute atomic E-state index is 12.7. The summed E-state index contributed by atoms with van der Waals surface area (Å²) in [6.45, 7) is 7.06. The summed E-state index contributed by atoms with van der Waals surface area (Å²) in [7, 11) is -3.40. The van der Waals surface area contributed by atoms with Gasteiger partial charge in [0.05, 0.1) is 11.0 Å². The number of nitrogens with zero attached hydrogens (tertiary/aromatic N) is 1. The van der Waals surface area contributed by atoms with Gasteiger partial charge < -0.3 is 5.11 Å². The van der Waals surface area contributed by atoms with Gasteiger partial charge in [-0.15, -0.1) is 0 Å². The van der Waals surface area contributed by atoms with E-state index in [0.29, 0.717) is 23.9 Å². The molecule has 2 rings (SSSR count). The lowest BCUT2D eigenvalue weighted by molar-refractivity contribution is 0.0912. The lowest BCUT2D eigenvalue weighted by atomic mass is 9.93. The van der Waals surface area contributed by atoms with Crippen molar-refractivity contribution in [2.75, 3.05) is 13.1 Å². The lowest BCUT2D eigenvalue weighted by Crippen LogP contribution is -2.40. The first kappa shape index (κ1) is 17.4. The van der Waals surface area contributed by atoms with Crippen LogP contribution in [0.1, 0.15) is 39.2 Å². The molecule has 1 N–H and O–H groups in total. The van der Waals surface area contributed by atoms with Gasteiger partial charge in [0, 0.05) is 13.1 Å². The fourth-order valence-corrected chi connectivity index (χ4v) is 4.49. The van der Waals surface area contributed by atoms with Crippen molar-refractivity contribution in [3.05, 3.63) is 29.8 Å². The Morgan fingerprint density at radius 1 is 1.14 bits per heavy atom. The Morgan fingerprint density at radius 2 is 1.68 bits per heavy atom. The summed E-state index contributed by atoms with van der Waals surface area (Å²) in [5.74, 6) is 0.766. The summed E-state index contributed by atoms with van der Waals surface area (Å²) in [5, 5.41) is 9.62. The number of benzene rings is 1. The summed E-state index contributed by atoms with van der Waals surface area (Å²) < 4.78 is 26.9. The predicted molar refractivity (Wildman–Crippen MR) is 88.1 cm³/mol. The highest BCUT2D eigenvalue weighted by atomic mass is 32.2. The van der Waals surface area contributed by atoms with Crippen LogP contribution >= 0.6 is 0 Å². The zero-order valence-electron chi connectivity index (χ0n) is 13.7. The molecule has 1 atom stereocenters. The van der Waals surface area contributed by atoms with E-state index in [4.69, 9.17) is 0 Å². The number of sulfonamides is 1. The molecule has 1 aliphatic rings. The Labute approximate surface area is 134 Å². The molecule has 22 heavy (non-hydrogen) atoms. The number of aliphatic hydroxyl groups is 1. The topological polar surface area (TPSA) is 57.6 Å². The van der Waals surface area contributed by atoms with Gasteiger partial charge >= 0.3 is 0 Å². The monoisotopic (exact) mass is 325 g/mol. The standard InChI is InChI=1S/C17H27NO3S/c1-13(2)12-15-4-6-17(7-5-15)22(20,21)18-10-8-16(9-11-18)14(3)19/h4-7,13-14,16,19H,8-12H2,1-3H3. The average molecular weight is 325 g/mol. The molecule has 1 aromatic rings. The van der Waals surface area contributed by atoms with Crippen LogP contribution < -0.4 is 0 Å². The molecule has 0 amide bonds. The molecular formula is C17H27NO3S. The van der Waals surface area contributed by atoms with Crippen LogP contribution in [-0.4, -0.2) is 37.0 Å². The Morgan fingerprint density at radius 3 is 2.14 bits per heavy atom. The summed E-state index contributed by atoms with van der Waals surface area (Å²) in [6, 6.07) is 7.26. The molecule has 1 aromatic carbocycles. The number of hydrogen-bond acceptors (Lipinski definition) is 3. The highest BCUT2D eigenvalue weighted by molar-refractivity contribution is 7.89. The molecular weight excluding hydrogens is 298 g/mol. The normalized spacial score (nSPS) is 19.5. The van der Waals surface area contributed by atoms with Crippen molar-refractivity contribution < 1.29 is 13.5 Å². The Hall–Kier alpha value is -0.910. The van der Waals surface area contributed by atoms with Crippen molar-refractivity contribution >= 4 is 10.0 Å². The van der Waals surface area contributed by atoms with Crippen molar-refractivity contribution in [1.82, 2.24) is 4.31 Å². The fraction of sp³-hybridized carbons (Fsp3) is 0.647. The highest BCUT2D eigenvalue weighted by Crippen LogP contribution is 2.26. The van der Waals surface area contributed by atoms with Crippen molar-refractivity contribution in [1.29, 1.82) is 0 Å². The van der Waals surface area contributed by atoms with E-state index in [-0.39, 0.29) is 12.0 Å². The molecule has 5 heteroatoms. The van der Waals surface area contributed by atoms with Gasteiger partial charge in [0.25, 0.3) is 0 Å². The van der Waals surface area contributed by atoms with Gasteiger partial charge in [-0.25, -0.2) is 8.42 Å². The number of piperidine rings is 1. The zero-order valence-corrected chi connectivity index (χ0v) is 14.5. The Bertz CT molecular complexity index is 570. The van der Waals surface area contributed by atoms with E-state index in [9.17, 15) is 13.5 Å². The van der Waals surface area contributed by atoms with Gasteiger partial charge in [-0.3, -0.25) is 0 Å². The molecule has 1 unspecified atom stereocenters. The maximum atomic E-state index is 12.7. The minimum absolute atomic E-state index is 0.208. The van der Waals surface area contributed by atoms with E-state index in [2.05, 4.69) is 13.8 Å². The molecule has 0 spiro atoms. The quantitative estimate of drug-likeness (QED) is 0.905. The third-order valence-corrected chi connectivity index (χ3v) is 6.30. The maximum Gasteiger partial charge on any atom is 0.243 e. The van der Waals surface area contributed by atoms with Gasteiger partial charge in [-0.2, -0.15) is 4.31 Å². The van der Waals surface area contributed by atoms with Crippen molar-refractivity contribution in [3.63, 3.8) is 0 Å². The second kappa shape index (κ2) is 7.11. The van der Waals surface area contributed by atoms with Crippen molar-refractivity contribution in [2.24, 2.45) is 11.8 Å². The van der Waals surface area contributed by atoms with Crippen LogP contribution in [0, 0.1) is 11.8 Å². The van der Waals surface area contributed by atoms with Crippen molar-refractivity contribution in [3.8, 4) is 0 Å². The number of rotatable bonds is 5. The summed E-state index contributed by atoms with van der Waals surface area (Å²) in [4.78, 5) is 0.371. The van der Waals surface area contributed by atoms with Gasteiger partial charge in [-0.05, 0) is 55.7 Å². The minimum Gasteiger partial charge on any atom is -0.393 e.